The summed E-state index contributed by atoms with van der Waals surface area (Å²) in [5, 5.41) is 3.57. The molecule has 0 bridgehead atoms. The maximum atomic E-state index is 4.35. The second-order valence-corrected chi connectivity index (χ2v) is 6.40. The predicted octanol–water partition coefficient (Wildman–Crippen LogP) is 2.45. The number of thioether (sulfide) groups is 1. The minimum Gasteiger partial charge on any atom is -0.333 e. The van der Waals surface area contributed by atoms with E-state index >= 15 is 0 Å². The van der Waals surface area contributed by atoms with Gasteiger partial charge in [-0.2, -0.15) is 11.8 Å². The summed E-state index contributed by atoms with van der Waals surface area (Å²) in [6.45, 7) is 2.34. The van der Waals surface area contributed by atoms with Crippen LogP contribution in [0.1, 0.15) is 37.4 Å². The molecular formula is C13H21N3S. The van der Waals surface area contributed by atoms with Gasteiger partial charge in [-0.1, -0.05) is 0 Å². The quantitative estimate of drug-likeness (QED) is 0.895. The average Bonchev–Trinajstić information content (AvgIpc) is 3.00. The van der Waals surface area contributed by atoms with Gasteiger partial charge in [0.15, 0.2) is 0 Å². The second-order valence-electron chi connectivity index (χ2n) is 5.18. The molecule has 0 spiro atoms. The van der Waals surface area contributed by atoms with Crippen molar-refractivity contribution in [2.24, 2.45) is 5.92 Å². The molecule has 2 saturated heterocycles. The molecule has 3 rings (SSSR count). The lowest BCUT2D eigenvalue weighted by molar-refractivity contribution is 0.402. The van der Waals surface area contributed by atoms with Gasteiger partial charge in [-0.3, -0.25) is 0 Å². The number of hydrogen-bond acceptors (Lipinski definition) is 3. The molecule has 1 aromatic heterocycles. The predicted molar refractivity (Wildman–Crippen MR) is 72.3 cm³/mol. The van der Waals surface area contributed by atoms with Gasteiger partial charge in [-0.25, -0.2) is 4.98 Å². The van der Waals surface area contributed by atoms with Crippen LogP contribution in [0.15, 0.2) is 12.5 Å². The van der Waals surface area contributed by atoms with Crippen molar-refractivity contribution < 1.29 is 0 Å². The maximum Gasteiger partial charge on any atom is 0.0948 e. The van der Waals surface area contributed by atoms with Crippen LogP contribution in [-0.2, 0) is 6.54 Å². The lowest BCUT2D eigenvalue weighted by Crippen LogP contribution is -2.21. The molecule has 17 heavy (non-hydrogen) atoms. The smallest absolute Gasteiger partial charge is 0.0948 e. The highest BCUT2D eigenvalue weighted by Crippen LogP contribution is 2.27. The van der Waals surface area contributed by atoms with Gasteiger partial charge in [0.05, 0.1) is 12.0 Å². The highest BCUT2D eigenvalue weighted by molar-refractivity contribution is 7.99. The maximum absolute atomic E-state index is 4.35. The van der Waals surface area contributed by atoms with Crippen molar-refractivity contribution in [1.29, 1.82) is 0 Å². The normalized spacial score (nSPS) is 26.5. The zero-order chi connectivity index (χ0) is 11.5. The SMILES string of the molecule is c1ncn(CC2CCSCC2)c1[C@@H]1CCCN1. The fraction of sp³-hybridized carbons (Fsp3) is 0.769. The Bertz CT molecular complexity index is 351. The van der Waals surface area contributed by atoms with Crippen molar-refractivity contribution in [2.45, 2.75) is 38.3 Å². The number of nitrogens with zero attached hydrogens (tertiary/aromatic N) is 2. The van der Waals surface area contributed by atoms with E-state index < -0.39 is 0 Å². The molecule has 0 unspecified atom stereocenters. The Kier molecular flexibility index (Phi) is 3.71. The number of nitrogens with one attached hydrogen (secondary N) is 1. The molecule has 0 amide bonds. The van der Waals surface area contributed by atoms with Gasteiger partial charge in [0.2, 0.25) is 0 Å². The monoisotopic (exact) mass is 251 g/mol. The van der Waals surface area contributed by atoms with Crippen molar-refractivity contribution in [2.75, 3.05) is 18.1 Å². The molecule has 1 aromatic rings. The molecule has 0 radical (unpaired) electrons. The van der Waals surface area contributed by atoms with Crippen LogP contribution in [0.2, 0.25) is 0 Å². The number of imidazole rings is 1. The summed E-state index contributed by atoms with van der Waals surface area (Å²) in [5.74, 6) is 3.55. The van der Waals surface area contributed by atoms with E-state index in [1.54, 1.807) is 0 Å². The molecule has 0 saturated carbocycles. The third-order valence-corrected chi connectivity index (χ3v) is 5.01. The Morgan fingerprint density at radius 3 is 3.00 bits per heavy atom. The van der Waals surface area contributed by atoms with E-state index in [0.717, 1.165) is 12.5 Å². The fourth-order valence-electron chi connectivity index (χ4n) is 2.92. The highest BCUT2D eigenvalue weighted by Gasteiger charge is 2.21. The van der Waals surface area contributed by atoms with E-state index in [-0.39, 0.29) is 0 Å². The Labute approximate surface area is 107 Å². The van der Waals surface area contributed by atoms with Gasteiger partial charge in [-0.15, -0.1) is 0 Å². The molecule has 1 atom stereocenters. The summed E-state index contributed by atoms with van der Waals surface area (Å²) in [7, 11) is 0. The molecule has 4 heteroatoms. The largest absolute Gasteiger partial charge is 0.333 e. The number of hydrogen-bond donors (Lipinski definition) is 1. The zero-order valence-electron chi connectivity index (χ0n) is 10.3. The second kappa shape index (κ2) is 5.44. The van der Waals surface area contributed by atoms with Gasteiger partial charge in [0, 0.05) is 18.8 Å². The standard InChI is InChI=1S/C13H21N3S/c1-2-12(15-5-1)13-8-14-10-16(13)9-11-3-6-17-7-4-11/h8,10-12,15H,1-7,9H2/t12-/m0/s1. The number of rotatable bonds is 3. The first kappa shape index (κ1) is 11.6. The molecule has 1 N–H and O–H groups in total. The van der Waals surface area contributed by atoms with Crippen LogP contribution in [0.4, 0.5) is 0 Å². The molecule has 0 aromatic carbocycles. The first-order valence-electron chi connectivity index (χ1n) is 6.74. The van der Waals surface area contributed by atoms with Gasteiger partial charge < -0.3 is 9.88 Å². The van der Waals surface area contributed by atoms with E-state index in [0.29, 0.717) is 6.04 Å². The summed E-state index contributed by atoms with van der Waals surface area (Å²) in [5.41, 5.74) is 1.40. The topological polar surface area (TPSA) is 29.9 Å². The summed E-state index contributed by atoms with van der Waals surface area (Å²) < 4.78 is 2.39. The van der Waals surface area contributed by atoms with Crippen molar-refractivity contribution in [3.8, 4) is 0 Å². The van der Waals surface area contributed by atoms with E-state index in [1.165, 1.54) is 49.4 Å². The van der Waals surface area contributed by atoms with Gasteiger partial charge in [0.25, 0.3) is 0 Å². The molecule has 94 valence electrons. The Morgan fingerprint density at radius 1 is 1.35 bits per heavy atom. The summed E-state index contributed by atoms with van der Waals surface area (Å²) in [4.78, 5) is 4.35. The molecule has 2 aliphatic heterocycles. The first-order chi connectivity index (χ1) is 8.43. The minimum atomic E-state index is 0.551. The lowest BCUT2D eigenvalue weighted by atomic mass is 10.0. The molecule has 0 aliphatic carbocycles. The first-order valence-corrected chi connectivity index (χ1v) is 7.90. The van der Waals surface area contributed by atoms with Crippen molar-refractivity contribution >= 4 is 11.8 Å². The molecular weight excluding hydrogens is 230 g/mol. The number of aromatic nitrogens is 2. The fourth-order valence-corrected chi connectivity index (χ4v) is 4.12. The van der Waals surface area contributed by atoms with Gasteiger partial charge in [-0.05, 0) is 49.7 Å². The Hall–Kier alpha value is -0.480. The Morgan fingerprint density at radius 2 is 2.24 bits per heavy atom. The lowest BCUT2D eigenvalue weighted by Gasteiger charge is -2.23. The molecule has 3 nitrogen and oxygen atoms in total. The molecule has 3 heterocycles. The highest BCUT2D eigenvalue weighted by atomic mass is 32.2. The van der Waals surface area contributed by atoms with Crippen LogP contribution in [0, 0.1) is 5.92 Å². The van der Waals surface area contributed by atoms with Crippen LogP contribution in [0.25, 0.3) is 0 Å². The van der Waals surface area contributed by atoms with E-state index in [9.17, 15) is 0 Å². The van der Waals surface area contributed by atoms with E-state index in [1.807, 2.05) is 6.33 Å². The van der Waals surface area contributed by atoms with Crippen LogP contribution < -0.4 is 5.32 Å². The van der Waals surface area contributed by atoms with Crippen molar-refractivity contribution in [3.05, 3.63) is 18.2 Å². The van der Waals surface area contributed by atoms with Crippen molar-refractivity contribution in [3.63, 3.8) is 0 Å². The van der Waals surface area contributed by atoms with Crippen LogP contribution in [0.5, 0.6) is 0 Å². The van der Waals surface area contributed by atoms with Crippen LogP contribution >= 0.6 is 11.8 Å². The van der Waals surface area contributed by atoms with Gasteiger partial charge >= 0.3 is 0 Å². The van der Waals surface area contributed by atoms with E-state index in [4.69, 9.17) is 0 Å². The van der Waals surface area contributed by atoms with Gasteiger partial charge in [0.1, 0.15) is 0 Å². The van der Waals surface area contributed by atoms with Crippen LogP contribution in [0.3, 0.4) is 0 Å². The molecule has 2 aliphatic rings. The molecule has 2 fully saturated rings. The zero-order valence-corrected chi connectivity index (χ0v) is 11.1. The summed E-state index contributed by atoms with van der Waals surface area (Å²) in [6.07, 6.45) is 9.40. The third kappa shape index (κ3) is 2.68. The van der Waals surface area contributed by atoms with E-state index in [2.05, 4.69) is 32.8 Å². The summed E-state index contributed by atoms with van der Waals surface area (Å²) >= 11 is 2.10. The average molecular weight is 251 g/mol. The summed E-state index contributed by atoms with van der Waals surface area (Å²) in [6, 6.07) is 0.551. The minimum absolute atomic E-state index is 0.551. The van der Waals surface area contributed by atoms with Crippen LogP contribution in [-0.4, -0.2) is 27.6 Å². The third-order valence-electron chi connectivity index (χ3n) is 3.96. The van der Waals surface area contributed by atoms with Crippen molar-refractivity contribution in [1.82, 2.24) is 14.9 Å². The Balaban J connectivity index is 1.67.